The first-order valence-corrected chi connectivity index (χ1v) is 5.48. The predicted octanol–water partition coefficient (Wildman–Crippen LogP) is 2.62. The Bertz CT molecular complexity index is 491. The van der Waals surface area contributed by atoms with Crippen LogP contribution >= 0.6 is 0 Å². The number of benzene rings is 1. The number of aliphatic hydroxyl groups excluding tert-OH is 1. The molecule has 1 heterocycles. The Morgan fingerprint density at radius 3 is 2.88 bits per heavy atom. The van der Waals surface area contributed by atoms with E-state index in [-0.39, 0.29) is 0 Å². The molecule has 2 aromatic rings. The summed E-state index contributed by atoms with van der Waals surface area (Å²) in [5.41, 5.74) is 1.59. The van der Waals surface area contributed by atoms with Gasteiger partial charge in [0.1, 0.15) is 23.8 Å². The molecule has 0 spiro atoms. The predicted molar refractivity (Wildman–Crippen MR) is 62.6 cm³/mol. The average molecular weight is 233 g/mol. The molecule has 0 unspecified atom stereocenters. The van der Waals surface area contributed by atoms with Crippen molar-refractivity contribution in [3.05, 3.63) is 47.3 Å². The number of aryl methyl sites for hydroxylation is 1. The second-order valence-electron chi connectivity index (χ2n) is 3.97. The molecule has 0 radical (unpaired) electrons. The lowest BCUT2D eigenvalue weighted by Crippen LogP contribution is -1.97. The Morgan fingerprint density at radius 2 is 2.24 bits per heavy atom. The summed E-state index contributed by atoms with van der Waals surface area (Å²) in [6.45, 7) is 3.92. The molecule has 1 aromatic carbocycles. The number of hydrogen-bond acceptors (Lipinski definition) is 4. The van der Waals surface area contributed by atoms with Crippen molar-refractivity contribution in [1.29, 1.82) is 0 Å². The summed E-state index contributed by atoms with van der Waals surface area (Å²) in [4.78, 5) is 0. The van der Waals surface area contributed by atoms with Crippen molar-refractivity contribution in [2.45, 2.75) is 26.6 Å². The van der Waals surface area contributed by atoms with Crippen LogP contribution in [0.3, 0.4) is 0 Å². The fourth-order valence-electron chi connectivity index (χ4n) is 1.51. The molecule has 0 bridgehead atoms. The smallest absolute Gasteiger partial charge is 0.134 e. The van der Waals surface area contributed by atoms with Crippen LogP contribution < -0.4 is 4.74 Å². The van der Waals surface area contributed by atoms with E-state index in [0.717, 1.165) is 17.0 Å². The zero-order chi connectivity index (χ0) is 12.3. The Balaban J connectivity index is 2.01. The van der Waals surface area contributed by atoms with Gasteiger partial charge < -0.3 is 14.4 Å². The van der Waals surface area contributed by atoms with Gasteiger partial charge in [0.25, 0.3) is 0 Å². The maximum Gasteiger partial charge on any atom is 0.134 e. The van der Waals surface area contributed by atoms with Gasteiger partial charge in [0, 0.05) is 6.07 Å². The van der Waals surface area contributed by atoms with E-state index in [1.807, 2.05) is 37.3 Å². The summed E-state index contributed by atoms with van der Waals surface area (Å²) in [6, 6.07) is 9.21. The first-order chi connectivity index (χ1) is 8.15. The number of aliphatic hydroxyl groups is 1. The molecule has 0 amide bonds. The van der Waals surface area contributed by atoms with E-state index >= 15 is 0 Å². The number of nitrogens with zero attached hydrogens (tertiary/aromatic N) is 1. The molecule has 0 aliphatic carbocycles. The highest BCUT2D eigenvalue weighted by Gasteiger charge is 2.04. The maximum atomic E-state index is 9.45. The normalized spacial score (nSPS) is 12.4. The lowest BCUT2D eigenvalue weighted by molar-refractivity contribution is 0.198. The molecular formula is C13H15NO3. The topological polar surface area (TPSA) is 55.5 Å². The van der Waals surface area contributed by atoms with Gasteiger partial charge in [0.2, 0.25) is 0 Å². The quantitative estimate of drug-likeness (QED) is 0.881. The third-order valence-corrected chi connectivity index (χ3v) is 2.40. The molecule has 1 aromatic heterocycles. The molecule has 1 atom stereocenters. The number of aromatic nitrogens is 1. The summed E-state index contributed by atoms with van der Waals surface area (Å²) >= 11 is 0. The maximum absolute atomic E-state index is 9.45. The van der Waals surface area contributed by atoms with Gasteiger partial charge in [-0.1, -0.05) is 17.3 Å². The molecule has 1 N–H and O–H groups in total. The van der Waals surface area contributed by atoms with E-state index in [9.17, 15) is 5.11 Å². The molecule has 2 rings (SSSR count). The number of rotatable bonds is 4. The standard InChI is InChI=1S/C13H15NO3/c1-9-6-12(14-17-9)8-16-13-5-3-4-11(7-13)10(2)15/h3-7,10,15H,8H2,1-2H3/t10-/m0/s1. The van der Waals surface area contributed by atoms with E-state index in [1.54, 1.807) is 6.92 Å². The van der Waals surface area contributed by atoms with Crippen LogP contribution in [0.4, 0.5) is 0 Å². The van der Waals surface area contributed by atoms with Crippen molar-refractivity contribution in [2.24, 2.45) is 0 Å². The van der Waals surface area contributed by atoms with Gasteiger partial charge in [-0.15, -0.1) is 0 Å². The number of hydrogen-bond donors (Lipinski definition) is 1. The van der Waals surface area contributed by atoms with Crippen molar-refractivity contribution in [3.63, 3.8) is 0 Å². The summed E-state index contributed by atoms with van der Waals surface area (Å²) in [5, 5.41) is 13.3. The van der Waals surface area contributed by atoms with E-state index in [0.29, 0.717) is 12.4 Å². The molecule has 0 fully saturated rings. The lowest BCUT2D eigenvalue weighted by Gasteiger charge is -2.08. The Labute approximate surface area is 99.8 Å². The zero-order valence-corrected chi connectivity index (χ0v) is 9.88. The van der Waals surface area contributed by atoms with E-state index in [1.165, 1.54) is 0 Å². The van der Waals surface area contributed by atoms with Crippen molar-refractivity contribution in [1.82, 2.24) is 5.16 Å². The van der Waals surface area contributed by atoms with E-state index in [4.69, 9.17) is 9.26 Å². The summed E-state index contributed by atoms with van der Waals surface area (Å²) in [7, 11) is 0. The third-order valence-electron chi connectivity index (χ3n) is 2.40. The fourth-order valence-corrected chi connectivity index (χ4v) is 1.51. The van der Waals surface area contributed by atoms with Crippen molar-refractivity contribution in [2.75, 3.05) is 0 Å². The monoisotopic (exact) mass is 233 g/mol. The van der Waals surface area contributed by atoms with Crippen LogP contribution in [0, 0.1) is 6.92 Å². The average Bonchev–Trinajstić information content (AvgIpc) is 2.73. The highest BCUT2D eigenvalue weighted by Crippen LogP contribution is 2.19. The minimum Gasteiger partial charge on any atom is -0.487 e. The van der Waals surface area contributed by atoms with Crippen LogP contribution in [0.25, 0.3) is 0 Å². The van der Waals surface area contributed by atoms with Crippen LogP contribution in [-0.2, 0) is 6.61 Å². The van der Waals surface area contributed by atoms with Crippen LogP contribution in [0.1, 0.15) is 30.0 Å². The lowest BCUT2D eigenvalue weighted by atomic mass is 10.1. The van der Waals surface area contributed by atoms with Gasteiger partial charge in [-0.3, -0.25) is 0 Å². The Kier molecular flexibility index (Phi) is 3.44. The zero-order valence-electron chi connectivity index (χ0n) is 9.88. The summed E-state index contributed by atoms with van der Waals surface area (Å²) < 4.78 is 10.5. The SMILES string of the molecule is Cc1cc(COc2cccc([C@H](C)O)c2)no1. The van der Waals surface area contributed by atoms with Gasteiger partial charge in [-0.05, 0) is 31.5 Å². The minimum absolute atomic E-state index is 0.362. The van der Waals surface area contributed by atoms with Gasteiger partial charge in [0.05, 0.1) is 6.10 Å². The highest BCUT2D eigenvalue weighted by molar-refractivity contribution is 5.29. The Morgan fingerprint density at radius 1 is 1.41 bits per heavy atom. The van der Waals surface area contributed by atoms with Gasteiger partial charge in [-0.25, -0.2) is 0 Å². The number of ether oxygens (including phenoxy) is 1. The van der Waals surface area contributed by atoms with Gasteiger partial charge >= 0.3 is 0 Å². The van der Waals surface area contributed by atoms with Crippen molar-refractivity contribution < 1.29 is 14.4 Å². The molecular weight excluding hydrogens is 218 g/mol. The first-order valence-electron chi connectivity index (χ1n) is 5.48. The Hall–Kier alpha value is -1.81. The summed E-state index contributed by atoms with van der Waals surface area (Å²) in [5.74, 6) is 1.48. The highest BCUT2D eigenvalue weighted by atomic mass is 16.5. The fraction of sp³-hybridized carbons (Fsp3) is 0.308. The molecule has 90 valence electrons. The van der Waals surface area contributed by atoms with Crippen molar-refractivity contribution in [3.8, 4) is 5.75 Å². The molecule has 17 heavy (non-hydrogen) atoms. The second-order valence-corrected chi connectivity index (χ2v) is 3.97. The van der Waals surface area contributed by atoms with Crippen LogP contribution in [-0.4, -0.2) is 10.3 Å². The minimum atomic E-state index is -0.493. The molecule has 0 saturated heterocycles. The third kappa shape index (κ3) is 3.07. The molecule has 0 aliphatic rings. The van der Waals surface area contributed by atoms with E-state index in [2.05, 4.69) is 5.16 Å². The molecule has 4 nitrogen and oxygen atoms in total. The molecule has 0 saturated carbocycles. The van der Waals surface area contributed by atoms with Crippen LogP contribution in [0.2, 0.25) is 0 Å². The summed E-state index contributed by atoms with van der Waals surface area (Å²) in [6.07, 6.45) is -0.493. The molecule has 4 heteroatoms. The molecule has 0 aliphatic heterocycles. The largest absolute Gasteiger partial charge is 0.487 e. The van der Waals surface area contributed by atoms with Gasteiger partial charge in [0.15, 0.2) is 0 Å². The van der Waals surface area contributed by atoms with Crippen LogP contribution in [0.5, 0.6) is 5.75 Å². The van der Waals surface area contributed by atoms with Crippen LogP contribution in [0.15, 0.2) is 34.9 Å². The second kappa shape index (κ2) is 5.01. The van der Waals surface area contributed by atoms with Crippen molar-refractivity contribution >= 4 is 0 Å². The van der Waals surface area contributed by atoms with Gasteiger partial charge in [-0.2, -0.15) is 0 Å². The first kappa shape index (κ1) is 11.7. The van der Waals surface area contributed by atoms with E-state index < -0.39 is 6.10 Å².